The van der Waals surface area contributed by atoms with E-state index in [1.54, 1.807) is 49.8 Å². The molecule has 0 spiro atoms. The average molecular weight is 1280 g/mol. The molecule has 6 aliphatic rings. The predicted octanol–water partition coefficient (Wildman–Crippen LogP) is 8.23. The minimum atomic E-state index is -1.95. The predicted molar refractivity (Wildman–Crippen MR) is 334 cm³/mol. The molecular formula is C67H72N8O16S. The van der Waals surface area contributed by atoms with Crippen molar-refractivity contribution in [2.24, 2.45) is 16.2 Å². The fourth-order valence-electron chi connectivity index (χ4n) is 15.6. The van der Waals surface area contributed by atoms with E-state index in [1.165, 1.54) is 16.2 Å². The Kier molecular flexibility index (Phi) is 17.3. The molecule has 2 aliphatic heterocycles. The first kappa shape index (κ1) is 63.4. The summed E-state index contributed by atoms with van der Waals surface area (Å²) in [6.45, 7) is 6.97. The number of aryl methyl sites for hydroxylation is 1. The number of aromatic carboxylic acids is 1. The van der Waals surface area contributed by atoms with Gasteiger partial charge in [-0.2, -0.15) is 5.10 Å². The zero-order chi connectivity index (χ0) is 65.0. The van der Waals surface area contributed by atoms with Crippen LogP contribution < -0.4 is 10.1 Å². The number of nitrogens with one attached hydrogen (secondary N) is 2. The molecule has 4 aliphatic carbocycles. The van der Waals surface area contributed by atoms with Crippen molar-refractivity contribution in [2.45, 2.75) is 141 Å². The van der Waals surface area contributed by atoms with Gasteiger partial charge in [0.1, 0.15) is 30.7 Å². The van der Waals surface area contributed by atoms with Crippen molar-refractivity contribution in [3.8, 4) is 28.1 Å². The summed E-state index contributed by atoms with van der Waals surface area (Å²) < 4.78 is 27.2. The van der Waals surface area contributed by atoms with Crippen LogP contribution in [0.15, 0.2) is 97.3 Å². The van der Waals surface area contributed by atoms with E-state index in [-0.39, 0.29) is 72.1 Å². The third-order valence-corrected chi connectivity index (χ3v) is 19.7. The molecule has 7 atom stereocenters. The number of carboxylic acids is 2. The molecule has 0 radical (unpaired) electrons. The highest BCUT2D eigenvalue weighted by atomic mass is 32.1. The van der Waals surface area contributed by atoms with Crippen LogP contribution in [0.4, 0.5) is 9.93 Å². The van der Waals surface area contributed by atoms with E-state index in [4.69, 9.17) is 29.0 Å². The second kappa shape index (κ2) is 25.1. The van der Waals surface area contributed by atoms with E-state index in [2.05, 4.69) is 29.1 Å². The molecular weight excluding hydrogens is 1200 g/mol. The number of benzene rings is 3. The van der Waals surface area contributed by atoms with E-state index in [0.29, 0.717) is 76.3 Å². The van der Waals surface area contributed by atoms with Gasteiger partial charge in [0.05, 0.1) is 46.4 Å². The van der Waals surface area contributed by atoms with Crippen molar-refractivity contribution in [1.29, 1.82) is 0 Å². The first-order chi connectivity index (χ1) is 43.9. The molecule has 6 heterocycles. The molecule has 25 heteroatoms. The number of aliphatic hydroxyl groups is 3. The number of ketones is 1. The molecule has 3 aromatic carbocycles. The number of fused-ring (bicyclic) bond motifs is 2. The number of ether oxygens (including phenoxy) is 4. The van der Waals surface area contributed by atoms with Crippen LogP contribution in [0.25, 0.3) is 43.5 Å². The van der Waals surface area contributed by atoms with Crippen molar-refractivity contribution < 1.29 is 78.0 Å². The number of amides is 4. The van der Waals surface area contributed by atoms with Crippen molar-refractivity contribution in [2.75, 3.05) is 32.1 Å². The van der Waals surface area contributed by atoms with Crippen molar-refractivity contribution in [3.63, 3.8) is 0 Å². The van der Waals surface area contributed by atoms with Gasteiger partial charge in [0, 0.05) is 83.8 Å². The average Bonchev–Trinajstić information content (AvgIpc) is 0.751. The van der Waals surface area contributed by atoms with Crippen LogP contribution >= 0.6 is 11.3 Å². The number of nitrogens with zero attached hydrogens (tertiary/aromatic N) is 6. The Morgan fingerprint density at radius 1 is 0.848 bits per heavy atom. The van der Waals surface area contributed by atoms with Gasteiger partial charge >= 0.3 is 18.0 Å². The normalized spacial score (nSPS) is 25.6. The Morgan fingerprint density at radius 2 is 1.61 bits per heavy atom. The van der Waals surface area contributed by atoms with Gasteiger partial charge in [0.2, 0.25) is 6.29 Å². The van der Waals surface area contributed by atoms with E-state index < -0.39 is 66.2 Å². The number of rotatable bonds is 24. The summed E-state index contributed by atoms with van der Waals surface area (Å²) in [5, 5.41) is 61.1. The maximum Gasteiger partial charge on any atom is 0.409 e. The maximum absolute atomic E-state index is 13.7. The number of H-pyrrole nitrogens is 1. The van der Waals surface area contributed by atoms with Gasteiger partial charge in [-0.25, -0.2) is 24.4 Å². The number of pyridine rings is 1. The summed E-state index contributed by atoms with van der Waals surface area (Å²) in [6, 6.07) is 21.7. The molecule has 2 unspecified atom stereocenters. The fraction of sp³-hybridized carbons (Fsp3) is 0.433. The van der Waals surface area contributed by atoms with Gasteiger partial charge in [0.15, 0.2) is 22.7 Å². The molecule has 92 heavy (non-hydrogen) atoms. The largest absolute Gasteiger partial charge is 0.479 e. The zero-order valence-electron chi connectivity index (χ0n) is 51.3. The SMILES string of the molecule is Cc1c(-c2ccc(-c3ccc4[nH]cc(C(=O)Nc5nc6ccccc6s5)c4c3)nc2C(=O)O)cnn1CC12CC3(C)CC(C)(C1)CC(OCCN(C)C(=O)OCc1ccc(CCCCCC(=O)CN4C(=O)C=CC4=O)cc1O[C@@H]1O[C@H](C(=O)O)[C@@H](O)[C@H](O)[C@H]1O)(C3)C2. The summed E-state index contributed by atoms with van der Waals surface area (Å²) >= 11 is 1.38. The molecule has 24 nitrogen and oxygen atoms in total. The third kappa shape index (κ3) is 12.9. The summed E-state index contributed by atoms with van der Waals surface area (Å²) in [4.78, 5) is 103. The number of thiazole rings is 1. The number of aliphatic carboxylic acids is 1. The molecule has 13 rings (SSSR count). The number of hydrogen-bond donors (Lipinski definition) is 7. The van der Waals surface area contributed by atoms with Crippen LogP contribution in [-0.2, 0) is 53.0 Å². The van der Waals surface area contributed by atoms with Crippen LogP contribution in [0.1, 0.15) is 116 Å². The molecule has 4 amide bonds. The number of Topliss-reactive ketones (excluding diaryl/α,β-unsaturated/α-hetero) is 1. The highest BCUT2D eigenvalue weighted by Crippen LogP contribution is 2.72. The lowest BCUT2D eigenvalue weighted by atomic mass is 9.39. The number of likely N-dealkylation sites (N-methyl/N-ethyl adjacent to an activating group) is 1. The Labute approximate surface area is 532 Å². The van der Waals surface area contributed by atoms with Gasteiger partial charge in [-0.3, -0.25) is 34.1 Å². The summed E-state index contributed by atoms with van der Waals surface area (Å²) in [5.41, 5.74) is 4.95. The first-order valence-electron chi connectivity index (χ1n) is 30.7. The lowest BCUT2D eigenvalue weighted by Gasteiger charge is -2.69. The van der Waals surface area contributed by atoms with E-state index in [1.807, 2.05) is 54.1 Å². The highest BCUT2D eigenvalue weighted by Gasteiger charge is 2.66. The standard InChI is InChI=1S/C67H72N8O16S/c1-37-44(42-17-19-46(70-53(42)59(83)84)39-16-18-47-43(25-39)45(26-68-47)58(82)72-62-71-48-12-8-9-13-50(48)92-62)27-69-75(37)36-66-31-64(2)30-65(3,32-66)34-67(33-64,35-66)89-23-22-73(4)63(87)88-29-40-15-14-38(10-6-5-7-11-41(76)28-74-51(77)20-21-52(74)78)24-49(40)90-61-56(81)54(79)55(80)57(91-61)60(85)86/h8-9,12-21,24-27,54-57,61,68,79-81H,5-7,10-11,22-23,28-36H2,1-4H3,(H,83,84)(H,85,86)(H,71,72,82)/t54-,55-,56+,57-,61+,64?,65?,66?,67?/m0/s1. The van der Waals surface area contributed by atoms with Crippen LogP contribution in [0.5, 0.6) is 5.75 Å². The number of carbonyl (C=O) groups excluding carboxylic acids is 5. The van der Waals surface area contributed by atoms with Crippen molar-refractivity contribution in [3.05, 3.63) is 125 Å². The van der Waals surface area contributed by atoms with Crippen LogP contribution in [0, 0.1) is 23.2 Å². The third-order valence-electron chi connectivity index (χ3n) is 18.7. The molecule has 4 saturated carbocycles. The minimum Gasteiger partial charge on any atom is -0.479 e. The number of aromatic nitrogens is 5. The summed E-state index contributed by atoms with van der Waals surface area (Å²) in [7, 11) is 1.60. The molecule has 1 saturated heterocycles. The van der Waals surface area contributed by atoms with Gasteiger partial charge in [-0.05, 0) is 129 Å². The number of aromatic amines is 1. The van der Waals surface area contributed by atoms with Crippen molar-refractivity contribution >= 4 is 79.1 Å². The number of carboxylic acid groups (broad SMARTS) is 2. The number of unbranched alkanes of at least 4 members (excludes halogenated alkanes) is 2. The summed E-state index contributed by atoms with van der Waals surface area (Å²) in [6.07, 6.45) is 3.26. The van der Waals surface area contributed by atoms with E-state index in [0.717, 1.165) is 82.6 Å². The molecule has 5 fully saturated rings. The summed E-state index contributed by atoms with van der Waals surface area (Å²) in [5.74, 6) is -4.37. The minimum absolute atomic E-state index is 0.0436. The number of hydrogen-bond acceptors (Lipinski definition) is 18. The van der Waals surface area contributed by atoms with Crippen LogP contribution in [0.2, 0.25) is 0 Å². The monoisotopic (exact) mass is 1280 g/mol. The fourth-order valence-corrected chi connectivity index (χ4v) is 16.4. The molecule has 7 aromatic rings. The zero-order valence-corrected chi connectivity index (χ0v) is 52.1. The van der Waals surface area contributed by atoms with Crippen LogP contribution in [-0.4, -0.2) is 165 Å². The quantitative estimate of drug-likeness (QED) is 0.0221. The Balaban J connectivity index is 0.686. The lowest BCUT2D eigenvalue weighted by molar-refractivity contribution is -0.271. The van der Waals surface area contributed by atoms with E-state index >= 15 is 0 Å². The van der Waals surface area contributed by atoms with Gasteiger partial charge in [0.25, 0.3) is 17.7 Å². The smallest absolute Gasteiger partial charge is 0.409 e. The van der Waals surface area contributed by atoms with Crippen molar-refractivity contribution in [1.82, 2.24) is 34.5 Å². The Bertz CT molecular complexity index is 4050. The van der Waals surface area contributed by atoms with Gasteiger partial charge in [-0.1, -0.05) is 61.9 Å². The van der Waals surface area contributed by atoms with Gasteiger partial charge < -0.3 is 54.4 Å². The number of aliphatic hydroxyl groups excluding tert-OH is 3. The highest BCUT2D eigenvalue weighted by molar-refractivity contribution is 7.22. The topological polar surface area (TPSA) is 335 Å². The number of imide groups is 1. The lowest BCUT2D eigenvalue weighted by Crippen LogP contribution is -2.64. The second-order valence-electron chi connectivity index (χ2n) is 26.3. The molecule has 7 N–H and O–H groups in total. The first-order valence-corrected chi connectivity index (χ1v) is 31.5. The van der Waals surface area contributed by atoms with E-state index in [9.17, 15) is 59.1 Å². The maximum atomic E-state index is 13.7. The molecule has 4 bridgehead atoms. The Morgan fingerprint density at radius 3 is 2.35 bits per heavy atom. The van der Waals surface area contributed by atoms with Gasteiger partial charge in [-0.15, -0.1) is 0 Å². The number of carbonyl (C=O) groups is 7. The molecule has 482 valence electrons. The Hall–Kier alpha value is -8.72. The number of anilines is 1. The second-order valence-corrected chi connectivity index (χ2v) is 27.3. The molecule has 4 aromatic heterocycles. The number of para-hydroxylation sites is 1. The van der Waals surface area contributed by atoms with Crippen LogP contribution in [0.3, 0.4) is 0 Å².